The quantitative estimate of drug-likeness (QED) is 0.790. The Morgan fingerprint density at radius 1 is 1.30 bits per heavy atom. The molecule has 0 unspecified atom stereocenters. The number of sulfonamides is 1. The Balaban J connectivity index is 2.01. The number of hydrogen-bond acceptors (Lipinski definition) is 4. The molecule has 2 rings (SSSR count). The van der Waals surface area contributed by atoms with Gasteiger partial charge in [0, 0.05) is 13.2 Å². The Morgan fingerprint density at radius 2 is 1.95 bits per heavy atom. The van der Waals surface area contributed by atoms with Crippen LogP contribution in [0.15, 0.2) is 29.2 Å². The highest BCUT2D eigenvalue weighted by molar-refractivity contribution is 7.89. The zero-order valence-electron chi connectivity index (χ0n) is 11.2. The van der Waals surface area contributed by atoms with Crippen LogP contribution < -0.4 is 4.72 Å². The minimum absolute atomic E-state index is 0.0530. The van der Waals surface area contributed by atoms with Crippen molar-refractivity contribution in [3.8, 4) is 6.07 Å². The van der Waals surface area contributed by atoms with Gasteiger partial charge in [-0.2, -0.15) is 5.26 Å². The van der Waals surface area contributed by atoms with E-state index in [4.69, 9.17) is 10.4 Å². The van der Waals surface area contributed by atoms with Gasteiger partial charge in [-0.15, -0.1) is 0 Å². The van der Waals surface area contributed by atoms with Gasteiger partial charge in [-0.25, -0.2) is 13.1 Å². The van der Waals surface area contributed by atoms with E-state index in [1.54, 1.807) is 12.1 Å². The van der Waals surface area contributed by atoms with Crippen molar-refractivity contribution in [2.45, 2.75) is 30.6 Å². The molecule has 0 saturated heterocycles. The van der Waals surface area contributed by atoms with E-state index in [1.807, 2.05) is 6.07 Å². The zero-order valence-corrected chi connectivity index (χ0v) is 12.0. The van der Waals surface area contributed by atoms with Gasteiger partial charge in [0.05, 0.1) is 17.4 Å². The summed E-state index contributed by atoms with van der Waals surface area (Å²) in [4.78, 5) is 0.207. The molecule has 0 atom stereocenters. The van der Waals surface area contributed by atoms with Gasteiger partial charge in [0.2, 0.25) is 10.0 Å². The van der Waals surface area contributed by atoms with Crippen LogP contribution in [0.2, 0.25) is 0 Å². The van der Waals surface area contributed by atoms with Crippen molar-refractivity contribution in [3.05, 3.63) is 29.8 Å². The maximum atomic E-state index is 12.1. The summed E-state index contributed by atoms with van der Waals surface area (Å²) >= 11 is 0. The molecule has 108 valence electrons. The molecule has 1 aromatic rings. The average Bonchev–Trinajstić information content (AvgIpc) is 3.19. The van der Waals surface area contributed by atoms with Crippen LogP contribution >= 0.6 is 0 Å². The molecule has 1 aliphatic rings. The highest BCUT2D eigenvalue weighted by atomic mass is 32.2. The molecule has 0 aromatic heterocycles. The number of rotatable bonds is 7. The summed E-state index contributed by atoms with van der Waals surface area (Å²) < 4.78 is 26.9. The summed E-state index contributed by atoms with van der Waals surface area (Å²) in [5.41, 5.74) is 0.744. The average molecular weight is 294 g/mol. The third kappa shape index (κ3) is 3.57. The monoisotopic (exact) mass is 294 g/mol. The van der Waals surface area contributed by atoms with E-state index in [-0.39, 0.29) is 23.3 Å². The predicted molar refractivity (Wildman–Crippen MR) is 74.3 cm³/mol. The molecule has 20 heavy (non-hydrogen) atoms. The van der Waals surface area contributed by atoms with E-state index in [9.17, 15) is 8.42 Å². The Morgan fingerprint density at radius 3 is 2.45 bits per heavy atom. The molecule has 6 heteroatoms. The lowest BCUT2D eigenvalue weighted by Gasteiger charge is -2.14. The van der Waals surface area contributed by atoms with Gasteiger partial charge in [0.1, 0.15) is 0 Å². The van der Waals surface area contributed by atoms with Crippen LogP contribution in [-0.2, 0) is 16.4 Å². The first-order valence-electron chi connectivity index (χ1n) is 6.58. The molecule has 0 bridgehead atoms. The molecule has 0 spiro atoms. The van der Waals surface area contributed by atoms with Crippen molar-refractivity contribution in [1.29, 1.82) is 5.26 Å². The summed E-state index contributed by atoms with van der Waals surface area (Å²) in [7, 11) is -3.52. The fourth-order valence-electron chi connectivity index (χ4n) is 2.14. The molecule has 1 aliphatic carbocycles. The van der Waals surface area contributed by atoms with Crippen molar-refractivity contribution in [2.24, 2.45) is 5.41 Å². The van der Waals surface area contributed by atoms with Crippen molar-refractivity contribution in [3.63, 3.8) is 0 Å². The fraction of sp³-hybridized carbons (Fsp3) is 0.500. The SMILES string of the molecule is N#CCc1ccc(S(=O)(=O)NCC2(CCO)CC2)cc1. The summed E-state index contributed by atoms with van der Waals surface area (Å²) in [6.45, 7) is 0.459. The van der Waals surface area contributed by atoms with Crippen LogP contribution in [0, 0.1) is 16.7 Å². The largest absolute Gasteiger partial charge is 0.396 e. The van der Waals surface area contributed by atoms with E-state index in [1.165, 1.54) is 12.1 Å². The molecule has 1 saturated carbocycles. The number of benzene rings is 1. The topological polar surface area (TPSA) is 90.2 Å². The van der Waals surface area contributed by atoms with Crippen molar-refractivity contribution < 1.29 is 13.5 Å². The van der Waals surface area contributed by atoms with Crippen LogP contribution in [-0.4, -0.2) is 26.7 Å². The van der Waals surface area contributed by atoms with Gasteiger partial charge >= 0.3 is 0 Å². The fourth-order valence-corrected chi connectivity index (χ4v) is 3.30. The molecule has 0 heterocycles. The first-order valence-corrected chi connectivity index (χ1v) is 8.06. The molecular weight excluding hydrogens is 276 g/mol. The van der Waals surface area contributed by atoms with Crippen molar-refractivity contribution in [1.82, 2.24) is 4.72 Å². The second-order valence-corrected chi connectivity index (χ2v) is 7.04. The lowest BCUT2D eigenvalue weighted by molar-refractivity contribution is 0.249. The van der Waals surface area contributed by atoms with Crippen molar-refractivity contribution >= 4 is 10.0 Å². The lowest BCUT2D eigenvalue weighted by Crippen LogP contribution is -2.30. The summed E-state index contributed by atoms with van der Waals surface area (Å²) in [5, 5.41) is 17.5. The maximum absolute atomic E-state index is 12.1. The second-order valence-electron chi connectivity index (χ2n) is 5.28. The molecule has 0 radical (unpaired) electrons. The van der Waals surface area contributed by atoms with Crippen LogP contribution in [0.25, 0.3) is 0 Å². The van der Waals surface area contributed by atoms with Gasteiger partial charge in [-0.1, -0.05) is 12.1 Å². The van der Waals surface area contributed by atoms with E-state index in [2.05, 4.69) is 4.72 Å². The Hall–Kier alpha value is -1.42. The van der Waals surface area contributed by atoms with Crippen LogP contribution in [0.1, 0.15) is 24.8 Å². The van der Waals surface area contributed by atoms with Crippen LogP contribution in [0.4, 0.5) is 0 Å². The maximum Gasteiger partial charge on any atom is 0.240 e. The molecule has 2 N–H and O–H groups in total. The number of aliphatic hydroxyl groups excluding tert-OH is 1. The predicted octanol–water partition coefficient (Wildman–Crippen LogP) is 1.19. The molecule has 1 aromatic carbocycles. The number of hydrogen-bond donors (Lipinski definition) is 2. The van der Waals surface area contributed by atoms with Gasteiger partial charge in [0.15, 0.2) is 0 Å². The first kappa shape index (κ1) is 15.0. The standard InChI is InChI=1S/C14H18N2O3S/c15-9-5-12-1-3-13(4-2-12)20(18,19)16-11-14(6-7-14)8-10-17/h1-4,16-17H,5-8,10-11H2. The first-order chi connectivity index (χ1) is 9.51. The molecule has 0 aliphatic heterocycles. The highest BCUT2D eigenvalue weighted by Gasteiger charge is 2.42. The molecule has 0 amide bonds. The smallest absolute Gasteiger partial charge is 0.240 e. The minimum Gasteiger partial charge on any atom is -0.396 e. The van der Waals surface area contributed by atoms with Crippen molar-refractivity contribution in [2.75, 3.05) is 13.2 Å². The second kappa shape index (κ2) is 5.92. The molecular formula is C14H18N2O3S. The highest BCUT2D eigenvalue weighted by Crippen LogP contribution is 2.48. The van der Waals surface area contributed by atoms with E-state index in [0.717, 1.165) is 18.4 Å². The van der Waals surface area contributed by atoms with E-state index >= 15 is 0 Å². The van der Waals surface area contributed by atoms with E-state index < -0.39 is 10.0 Å². The Bertz CT molecular complexity index is 598. The Labute approximate surface area is 119 Å². The van der Waals surface area contributed by atoms with E-state index in [0.29, 0.717) is 13.0 Å². The minimum atomic E-state index is -3.52. The number of nitrogens with zero attached hydrogens (tertiary/aromatic N) is 1. The van der Waals surface area contributed by atoms with Gasteiger partial charge < -0.3 is 5.11 Å². The number of aliphatic hydroxyl groups is 1. The number of nitriles is 1. The van der Waals surface area contributed by atoms with Gasteiger partial charge in [0.25, 0.3) is 0 Å². The van der Waals surface area contributed by atoms with Gasteiger partial charge in [-0.3, -0.25) is 0 Å². The van der Waals surface area contributed by atoms with Crippen LogP contribution in [0.5, 0.6) is 0 Å². The van der Waals surface area contributed by atoms with Gasteiger partial charge in [-0.05, 0) is 42.4 Å². The van der Waals surface area contributed by atoms with Crippen LogP contribution in [0.3, 0.4) is 0 Å². The summed E-state index contributed by atoms with van der Waals surface area (Å²) in [5.74, 6) is 0. The third-order valence-electron chi connectivity index (χ3n) is 3.75. The number of nitrogens with one attached hydrogen (secondary N) is 1. The summed E-state index contributed by atoms with van der Waals surface area (Å²) in [6, 6.07) is 8.35. The summed E-state index contributed by atoms with van der Waals surface area (Å²) in [6.07, 6.45) is 2.82. The lowest BCUT2D eigenvalue weighted by atomic mass is 10.0. The molecule has 5 nitrogen and oxygen atoms in total. The Kier molecular flexibility index (Phi) is 4.43. The normalized spacial score (nSPS) is 16.6. The molecule has 1 fully saturated rings. The third-order valence-corrected chi connectivity index (χ3v) is 5.17. The zero-order chi connectivity index (χ0) is 14.6.